The zero-order valence-corrected chi connectivity index (χ0v) is 41.8. The molecule has 1 N–H and O–H groups in total. The molecule has 0 bridgehead atoms. The van der Waals surface area contributed by atoms with Crippen LogP contribution in [0.1, 0.15) is 104 Å². The van der Waals surface area contributed by atoms with E-state index in [2.05, 4.69) is 197 Å². The van der Waals surface area contributed by atoms with Gasteiger partial charge in [-0.05, 0) is 118 Å². The summed E-state index contributed by atoms with van der Waals surface area (Å²) < 4.78 is 3.86. The molecule has 0 aliphatic heterocycles. The number of fused-ring (bicyclic) bond motifs is 2. The van der Waals surface area contributed by atoms with Crippen LogP contribution in [0.2, 0.25) is 0 Å². The maximum Gasteiger partial charge on any atom is 0.133 e. The molecule has 12 rings (SSSR count). The van der Waals surface area contributed by atoms with Gasteiger partial charge < -0.3 is 14.2 Å². The Morgan fingerprint density at radius 2 is 0.784 bits per heavy atom. The van der Waals surface area contributed by atoms with Crippen LogP contribution in [0.25, 0.3) is 0 Å². The summed E-state index contributed by atoms with van der Waals surface area (Å²) >= 11 is 5.29. The van der Waals surface area contributed by atoms with Crippen LogP contribution < -0.4 is 0 Å². The normalized spacial score (nSPS) is 17.1. The first-order valence-electron chi connectivity index (χ1n) is 25.3. The monoisotopic (exact) mass is 978 g/mol. The number of benzene rings is 8. The summed E-state index contributed by atoms with van der Waals surface area (Å²) in [5, 5.41) is 30.9. The van der Waals surface area contributed by atoms with Crippen LogP contribution in [0.4, 0.5) is 0 Å². The Kier molecular flexibility index (Phi) is 13.0. The van der Waals surface area contributed by atoms with Crippen molar-refractivity contribution in [3.63, 3.8) is 0 Å². The molecular weight excluding hydrogens is 925 g/mol. The average molecular weight is 979 g/mol. The fourth-order valence-electron chi connectivity index (χ4n) is 11.8. The van der Waals surface area contributed by atoms with Crippen molar-refractivity contribution in [1.29, 1.82) is 10.5 Å². The van der Waals surface area contributed by atoms with Crippen LogP contribution in [0.5, 0.6) is 0 Å². The van der Waals surface area contributed by atoms with Crippen LogP contribution >= 0.6 is 12.6 Å². The van der Waals surface area contributed by atoms with Gasteiger partial charge in [0.2, 0.25) is 0 Å². The molecule has 2 aliphatic carbocycles. The lowest BCUT2D eigenvalue weighted by atomic mass is 9.76. The maximum absolute atomic E-state index is 12.1. The quantitative estimate of drug-likeness (QED) is 0.105. The number of aliphatic hydroxyl groups is 1. The van der Waals surface area contributed by atoms with E-state index in [0.717, 1.165) is 87.9 Å². The lowest BCUT2D eigenvalue weighted by molar-refractivity contribution is 0.0574. The van der Waals surface area contributed by atoms with Crippen LogP contribution in [-0.4, -0.2) is 24.2 Å². The van der Waals surface area contributed by atoms with E-state index in [1.807, 2.05) is 61.3 Å². The average Bonchev–Trinajstić information content (AvgIpc) is 4.19. The van der Waals surface area contributed by atoms with E-state index < -0.39 is 21.4 Å². The predicted octanol–water partition coefficient (Wildman–Crippen LogP) is 13.3. The second-order valence-electron chi connectivity index (χ2n) is 19.3. The fraction of sp³-hybridized carbons (Fsp3) is 0.152. The summed E-state index contributed by atoms with van der Waals surface area (Å²) in [6, 6.07) is 79.3. The van der Waals surface area contributed by atoms with Crippen molar-refractivity contribution in [2.45, 2.75) is 60.0 Å². The lowest BCUT2D eigenvalue weighted by Gasteiger charge is -2.38. The Morgan fingerprint density at radius 3 is 1.18 bits per heavy atom. The molecule has 0 saturated carbocycles. The van der Waals surface area contributed by atoms with E-state index in [1.54, 1.807) is 6.07 Å². The molecule has 8 heteroatoms. The molecule has 2 unspecified atom stereocenters. The van der Waals surface area contributed by atoms with Crippen molar-refractivity contribution in [3.05, 3.63) is 322 Å². The highest BCUT2D eigenvalue weighted by molar-refractivity contribution is 7.81. The van der Waals surface area contributed by atoms with Gasteiger partial charge in [-0.25, -0.2) is 9.97 Å². The first-order chi connectivity index (χ1) is 36.3. The standard InChI is InChI=1S/C33H27N3O.C33H27N3S/c2*34-22-25-18-19-30-26(21-25)11-10-20-32(30,37)31-23-36(24-35-31)33(27-12-4-1-5-13-27,28-14-6-2-7-15-28)29-16-8-3-9-17-29/h2*1-9,12-19,21,23-24,37H,10-11,20H2. The molecule has 0 radical (unpaired) electrons. The fourth-order valence-corrected chi connectivity index (χ4v) is 12.3. The topological polar surface area (TPSA) is 103 Å². The molecule has 2 aliphatic rings. The third-order valence-corrected chi connectivity index (χ3v) is 16.0. The second kappa shape index (κ2) is 20.2. The zero-order valence-electron chi connectivity index (χ0n) is 40.9. The van der Waals surface area contributed by atoms with Gasteiger partial charge in [-0.2, -0.15) is 23.2 Å². The summed E-state index contributed by atoms with van der Waals surface area (Å²) in [5.74, 6) is 0. The molecule has 0 spiro atoms. The molecular formula is C66H54N6OS. The largest absolute Gasteiger partial charge is 0.379 e. The number of aryl methyl sites for hydroxylation is 2. The van der Waals surface area contributed by atoms with Crippen molar-refractivity contribution in [2.75, 3.05) is 0 Å². The summed E-state index contributed by atoms with van der Waals surface area (Å²) in [5.41, 5.74) is 11.3. The molecule has 0 amide bonds. The number of nitriles is 2. The summed E-state index contributed by atoms with van der Waals surface area (Å²) in [6.07, 6.45) is 13.1. The Labute approximate surface area is 438 Å². The van der Waals surface area contributed by atoms with Crippen molar-refractivity contribution in [2.24, 2.45) is 0 Å². The van der Waals surface area contributed by atoms with Gasteiger partial charge in [0.1, 0.15) is 16.7 Å². The van der Waals surface area contributed by atoms with Crippen molar-refractivity contribution < 1.29 is 5.11 Å². The highest BCUT2D eigenvalue weighted by Crippen LogP contribution is 2.48. The maximum atomic E-state index is 12.1. The molecule has 2 aromatic heterocycles. The zero-order chi connectivity index (χ0) is 50.6. The Balaban J connectivity index is 0.000000159. The van der Waals surface area contributed by atoms with Gasteiger partial charge in [0, 0.05) is 12.4 Å². The number of hydrogen-bond acceptors (Lipinski definition) is 6. The SMILES string of the molecule is N#Cc1ccc2c(c1)CCCC2(O)c1cn(C(c2ccccc2)(c2ccccc2)c2ccccc2)cn1.N#Cc1ccc2c(c1)CCCC2(S)c1cn(C(c2ccccc2)(c2ccccc2)c2ccccc2)cn1. The first kappa shape index (κ1) is 47.8. The van der Waals surface area contributed by atoms with Crippen LogP contribution in [0, 0.1) is 22.7 Å². The van der Waals surface area contributed by atoms with E-state index >= 15 is 0 Å². The lowest BCUT2D eigenvalue weighted by Crippen LogP contribution is -2.37. The Hall–Kier alpha value is -8.53. The molecule has 2 atom stereocenters. The van der Waals surface area contributed by atoms with Crippen LogP contribution in [-0.2, 0) is 34.3 Å². The Bertz CT molecular complexity index is 3190. The van der Waals surface area contributed by atoms with Gasteiger partial charge in [0.05, 0.1) is 52.1 Å². The molecule has 7 nitrogen and oxygen atoms in total. The summed E-state index contributed by atoms with van der Waals surface area (Å²) in [6.45, 7) is 0. The van der Waals surface area contributed by atoms with Gasteiger partial charge in [-0.1, -0.05) is 194 Å². The van der Waals surface area contributed by atoms with E-state index in [4.69, 9.17) is 22.6 Å². The van der Waals surface area contributed by atoms with Crippen molar-refractivity contribution in [1.82, 2.24) is 19.1 Å². The number of rotatable bonds is 10. The molecule has 8 aromatic carbocycles. The van der Waals surface area contributed by atoms with Crippen LogP contribution in [0.3, 0.4) is 0 Å². The predicted molar refractivity (Wildman–Crippen MR) is 295 cm³/mol. The minimum absolute atomic E-state index is 0.525. The van der Waals surface area contributed by atoms with Gasteiger partial charge >= 0.3 is 0 Å². The third kappa shape index (κ3) is 8.23. The summed E-state index contributed by atoms with van der Waals surface area (Å²) in [4.78, 5) is 9.86. The van der Waals surface area contributed by atoms with E-state index in [1.165, 1.54) is 5.56 Å². The highest BCUT2D eigenvalue weighted by atomic mass is 32.1. The first-order valence-corrected chi connectivity index (χ1v) is 25.7. The number of aromatic nitrogens is 4. The van der Waals surface area contributed by atoms with Gasteiger partial charge in [-0.15, -0.1) is 0 Å². The third-order valence-electron chi connectivity index (χ3n) is 15.3. The van der Waals surface area contributed by atoms with E-state index in [-0.39, 0.29) is 0 Å². The summed E-state index contributed by atoms with van der Waals surface area (Å²) in [7, 11) is 0. The van der Waals surface area contributed by atoms with Crippen molar-refractivity contribution in [3.8, 4) is 12.1 Å². The molecule has 10 aromatic rings. The number of hydrogen-bond donors (Lipinski definition) is 2. The molecule has 360 valence electrons. The van der Waals surface area contributed by atoms with Gasteiger partial charge in [0.25, 0.3) is 0 Å². The molecule has 0 saturated heterocycles. The van der Waals surface area contributed by atoms with E-state index in [0.29, 0.717) is 23.2 Å². The molecule has 2 heterocycles. The van der Waals surface area contributed by atoms with E-state index in [9.17, 15) is 15.6 Å². The highest BCUT2D eigenvalue weighted by Gasteiger charge is 2.44. The minimum Gasteiger partial charge on any atom is -0.379 e. The van der Waals surface area contributed by atoms with Crippen molar-refractivity contribution >= 4 is 12.6 Å². The van der Waals surface area contributed by atoms with Gasteiger partial charge in [-0.3, -0.25) is 0 Å². The molecule has 74 heavy (non-hydrogen) atoms. The minimum atomic E-state index is -1.22. The number of nitrogens with zero attached hydrogens (tertiary/aromatic N) is 6. The second-order valence-corrected chi connectivity index (χ2v) is 20.1. The molecule has 0 fully saturated rings. The number of thiol groups is 1. The number of imidazole rings is 2. The Morgan fingerprint density at radius 1 is 0.446 bits per heavy atom. The smallest absolute Gasteiger partial charge is 0.133 e. The van der Waals surface area contributed by atoms with Gasteiger partial charge in [0.15, 0.2) is 0 Å². The van der Waals surface area contributed by atoms with Crippen LogP contribution in [0.15, 0.2) is 243 Å².